The van der Waals surface area contributed by atoms with Crippen LogP contribution in [0.25, 0.3) is 0 Å². The molecule has 11 heteroatoms. The Hall–Kier alpha value is -3.28. The van der Waals surface area contributed by atoms with Gasteiger partial charge in [-0.05, 0) is 88.6 Å². The number of amides is 3. The molecule has 276 valence electrons. The standard InChI is InChI=1S/C40H53BrN4O5S/c1-6-23-43(30-19-21-31(22-20-30)50-10-5)37(47)33-34-38(48)45(25-13-11-12-14-26-46)36(40(34)27-32(41)35(33)51-40)39(49)44(24-7-2)29-17-15-28(16-18-29)42(8-3)9-4/h6-7,15-22,32-36,46H,1-2,8-14,23-27H2,3-5H3/t32?,33-,34-,35-,36?,40?/m0/s1. The second-order valence-corrected chi connectivity index (χ2v) is 16.1. The van der Waals surface area contributed by atoms with Crippen LogP contribution in [0.15, 0.2) is 73.8 Å². The number of benzene rings is 2. The van der Waals surface area contributed by atoms with E-state index >= 15 is 4.79 Å². The number of carbonyl (C=O) groups excluding carboxylic acids is 3. The minimum absolute atomic E-state index is 0.0487. The van der Waals surface area contributed by atoms with Gasteiger partial charge in [0.25, 0.3) is 5.91 Å². The van der Waals surface area contributed by atoms with Crippen molar-refractivity contribution in [2.24, 2.45) is 11.8 Å². The van der Waals surface area contributed by atoms with Crippen molar-refractivity contribution in [3.63, 3.8) is 0 Å². The van der Waals surface area contributed by atoms with Crippen LogP contribution in [0.3, 0.4) is 0 Å². The molecule has 3 heterocycles. The smallest absolute Gasteiger partial charge is 0.251 e. The summed E-state index contributed by atoms with van der Waals surface area (Å²) in [6.45, 7) is 17.5. The highest BCUT2D eigenvalue weighted by Gasteiger charge is 2.76. The number of alkyl halides is 1. The number of likely N-dealkylation sites (tertiary alicyclic amines) is 1. The average molecular weight is 782 g/mol. The first-order valence-electron chi connectivity index (χ1n) is 18.4. The first kappa shape index (κ1) is 38.9. The molecule has 0 aromatic heterocycles. The van der Waals surface area contributed by atoms with Crippen molar-refractivity contribution in [1.29, 1.82) is 0 Å². The number of rotatable bonds is 19. The lowest BCUT2D eigenvalue weighted by Crippen LogP contribution is -2.56. The normalized spacial score (nSPS) is 24.7. The van der Waals surface area contributed by atoms with E-state index < -0.39 is 22.6 Å². The summed E-state index contributed by atoms with van der Waals surface area (Å²) >= 11 is 5.58. The second-order valence-electron chi connectivity index (χ2n) is 13.4. The zero-order chi connectivity index (χ0) is 36.7. The SMILES string of the molecule is C=CCN(C(=O)C1N(CCCCCCO)C(=O)[C@@H]2[C@H](C(=O)N(CC=C)c3ccc(OCC)cc3)[C@H]3SC12CC3Br)c1ccc(N(CC)CC)cc1. The van der Waals surface area contributed by atoms with Gasteiger partial charge in [0.1, 0.15) is 11.8 Å². The van der Waals surface area contributed by atoms with E-state index in [0.717, 1.165) is 43.1 Å². The van der Waals surface area contributed by atoms with Crippen LogP contribution in [-0.2, 0) is 14.4 Å². The summed E-state index contributed by atoms with van der Waals surface area (Å²) in [5.74, 6) is -0.951. The van der Waals surface area contributed by atoms with Crippen LogP contribution in [0.4, 0.5) is 17.1 Å². The van der Waals surface area contributed by atoms with Gasteiger partial charge >= 0.3 is 0 Å². The van der Waals surface area contributed by atoms with Crippen LogP contribution >= 0.6 is 27.7 Å². The van der Waals surface area contributed by atoms with E-state index in [1.165, 1.54) is 0 Å². The number of halogens is 1. The number of nitrogens with zero attached hydrogens (tertiary/aromatic N) is 4. The van der Waals surface area contributed by atoms with E-state index in [-0.39, 0.29) is 47.5 Å². The highest BCUT2D eigenvalue weighted by molar-refractivity contribution is 9.09. The van der Waals surface area contributed by atoms with E-state index in [9.17, 15) is 14.7 Å². The summed E-state index contributed by atoms with van der Waals surface area (Å²) in [6, 6.07) is 14.7. The molecular formula is C40H53BrN4O5S. The van der Waals surface area contributed by atoms with Gasteiger partial charge in [0, 0.05) is 66.5 Å². The lowest BCUT2D eigenvalue weighted by atomic mass is 9.70. The number of hydrogen-bond acceptors (Lipinski definition) is 7. The van der Waals surface area contributed by atoms with E-state index in [1.54, 1.807) is 38.6 Å². The fourth-order valence-electron chi connectivity index (χ4n) is 8.23. The number of anilines is 3. The third-order valence-corrected chi connectivity index (χ3v) is 13.7. The van der Waals surface area contributed by atoms with Gasteiger partial charge in [-0.25, -0.2) is 0 Å². The fourth-order valence-corrected chi connectivity index (χ4v) is 11.8. The predicted molar refractivity (Wildman–Crippen MR) is 212 cm³/mol. The van der Waals surface area contributed by atoms with Crippen molar-refractivity contribution in [3.8, 4) is 5.75 Å². The first-order chi connectivity index (χ1) is 24.7. The number of fused-ring (bicyclic) bond motifs is 1. The molecule has 2 aromatic rings. The number of aliphatic hydroxyl groups excluding tert-OH is 1. The molecule has 0 radical (unpaired) electrons. The minimum atomic E-state index is -0.780. The molecule has 51 heavy (non-hydrogen) atoms. The highest BCUT2D eigenvalue weighted by Crippen LogP contribution is 2.68. The number of aliphatic hydroxyl groups is 1. The molecule has 3 unspecified atom stereocenters. The Morgan fingerprint density at radius 1 is 0.922 bits per heavy atom. The van der Waals surface area contributed by atoms with Crippen molar-refractivity contribution in [2.75, 3.05) is 60.6 Å². The van der Waals surface area contributed by atoms with Crippen LogP contribution < -0.4 is 19.4 Å². The van der Waals surface area contributed by atoms with Crippen molar-refractivity contribution in [3.05, 3.63) is 73.8 Å². The Labute approximate surface area is 316 Å². The van der Waals surface area contributed by atoms with Crippen LogP contribution in [0.2, 0.25) is 0 Å². The second kappa shape index (κ2) is 17.5. The van der Waals surface area contributed by atoms with Crippen LogP contribution in [0.1, 0.15) is 52.9 Å². The molecule has 2 aromatic carbocycles. The summed E-state index contributed by atoms with van der Waals surface area (Å²) in [6.07, 6.45) is 7.11. The van der Waals surface area contributed by atoms with E-state index in [4.69, 9.17) is 4.74 Å². The average Bonchev–Trinajstić information content (AvgIpc) is 3.73. The third-order valence-electron chi connectivity index (χ3n) is 10.5. The predicted octanol–water partition coefficient (Wildman–Crippen LogP) is 6.69. The zero-order valence-corrected chi connectivity index (χ0v) is 32.6. The van der Waals surface area contributed by atoms with Crippen LogP contribution in [0.5, 0.6) is 5.75 Å². The van der Waals surface area contributed by atoms with Gasteiger partial charge in [-0.15, -0.1) is 24.9 Å². The highest BCUT2D eigenvalue weighted by atomic mass is 79.9. The molecule has 3 fully saturated rings. The molecule has 3 aliphatic rings. The number of ether oxygens (including phenoxy) is 1. The summed E-state index contributed by atoms with van der Waals surface area (Å²) in [4.78, 5) is 52.2. The molecule has 2 bridgehead atoms. The quantitative estimate of drug-likeness (QED) is 0.0966. The first-order valence-corrected chi connectivity index (χ1v) is 20.2. The van der Waals surface area contributed by atoms with Gasteiger partial charge in [0.15, 0.2) is 0 Å². The van der Waals surface area contributed by atoms with Crippen LogP contribution in [0, 0.1) is 11.8 Å². The minimum Gasteiger partial charge on any atom is -0.494 e. The summed E-state index contributed by atoms with van der Waals surface area (Å²) in [7, 11) is 0. The number of hydrogen-bond donors (Lipinski definition) is 1. The van der Waals surface area contributed by atoms with Gasteiger partial charge in [-0.1, -0.05) is 40.9 Å². The molecule has 1 spiro atoms. The van der Waals surface area contributed by atoms with Gasteiger partial charge in [0.2, 0.25) is 11.8 Å². The number of carbonyl (C=O) groups is 3. The van der Waals surface area contributed by atoms with Gasteiger partial charge < -0.3 is 29.4 Å². The Morgan fingerprint density at radius 2 is 1.49 bits per heavy atom. The maximum atomic E-state index is 15.1. The number of thioether (sulfide) groups is 1. The third kappa shape index (κ3) is 7.62. The molecule has 9 nitrogen and oxygen atoms in total. The summed E-state index contributed by atoms with van der Waals surface area (Å²) in [5, 5.41) is 9.16. The Bertz CT molecular complexity index is 1540. The maximum absolute atomic E-state index is 15.1. The molecule has 6 atom stereocenters. The van der Waals surface area contributed by atoms with Gasteiger partial charge in [-0.3, -0.25) is 14.4 Å². The van der Waals surface area contributed by atoms with E-state index in [1.807, 2.05) is 55.5 Å². The van der Waals surface area contributed by atoms with Crippen molar-refractivity contribution in [2.45, 2.75) is 73.7 Å². The molecular weight excluding hydrogens is 728 g/mol. The molecule has 3 aliphatic heterocycles. The van der Waals surface area contributed by atoms with Crippen molar-refractivity contribution >= 4 is 62.5 Å². The summed E-state index contributed by atoms with van der Waals surface area (Å²) < 4.78 is 4.86. The Balaban J connectivity index is 1.53. The lowest BCUT2D eigenvalue weighted by molar-refractivity contribution is -0.139. The molecule has 5 rings (SSSR count). The molecule has 3 saturated heterocycles. The van der Waals surface area contributed by atoms with E-state index in [0.29, 0.717) is 38.1 Å². The molecule has 0 aliphatic carbocycles. The van der Waals surface area contributed by atoms with Gasteiger partial charge in [0.05, 0.1) is 23.2 Å². The topological polar surface area (TPSA) is 93.6 Å². The molecule has 0 saturated carbocycles. The van der Waals surface area contributed by atoms with Crippen molar-refractivity contribution < 1.29 is 24.2 Å². The Kier molecular flexibility index (Phi) is 13.4. The fraction of sp³-hybridized carbons (Fsp3) is 0.525. The van der Waals surface area contributed by atoms with Crippen LogP contribution in [-0.4, -0.2) is 94.5 Å². The van der Waals surface area contributed by atoms with E-state index in [2.05, 4.69) is 47.8 Å². The largest absolute Gasteiger partial charge is 0.494 e. The van der Waals surface area contributed by atoms with Gasteiger partial charge in [-0.2, -0.15) is 0 Å². The van der Waals surface area contributed by atoms with Crippen molar-refractivity contribution in [1.82, 2.24) is 4.90 Å². The zero-order valence-electron chi connectivity index (χ0n) is 30.2. The number of unbranched alkanes of at least 4 members (excludes halogenated alkanes) is 3. The maximum Gasteiger partial charge on any atom is 0.251 e. The lowest BCUT2D eigenvalue weighted by Gasteiger charge is -2.38. The summed E-state index contributed by atoms with van der Waals surface area (Å²) in [5.41, 5.74) is 2.54. The monoisotopic (exact) mass is 780 g/mol. The molecule has 1 N–H and O–H groups in total. The Morgan fingerprint density at radius 3 is 2.06 bits per heavy atom. The molecule has 3 amide bonds.